The van der Waals surface area contributed by atoms with E-state index in [1.165, 1.54) is 36.8 Å². The summed E-state index contributed by atoms with van der Waals surface area (Å²) >= 11 is 0. The molecule has 0 aliphatic heterocycles. The Balaban J connectivity index is 1.58. The third-order valence-electron chi connectivity index (χ3n) is 4.89. The predicted octanol–water partition coefficient (Wildman–Crippen LogP) is 2.83. The number of aliphatic imine (C=N–C) groups is 1. The minimum Gasteiger partial charge on any atom is -0.355 e. The van der Waals surface area contributed by atoms with Crippen molar-refractivity contribution in [3.05, 3.63) is 47.5 Å². The fraction of sp³-hybridized carbons (Fsp3) is 0.550. The lowest BCUT2D eigenvalue weighted by atomic mass is 10.1. The van der Waals surface area contributed by atoms with Crippen LogP contribution >= 0.6 is 0 Å². The maximum absolute atomic E-state index is 4.80. The second-order valence-corrected chi connectivity index (χ2v) is 7.00. The molecule has 6 heteroatoms. The summed E-state index contributed by atoms with van der Waals surface area (Å²) in [4.78, 5) is 4.80. The van der Waals surface area contributed by atoms with Crippen LogP contribution in [-0.2, 0) is 19.5 Å². The van der Waals surface area contributed by atoms with Gasteiger partial charge in [0.15, 0.2) is 5.96 Å². The predicted molar refractivity (Wildman–Crippen MR) is 105 cm³/mol. The first kappa shape index (κ1) is 18.4. The van der Waals surface area contributed by atoms with Crippen LogP contribution in [0.1, 0.15) is 49.6 Å². The van der Waals surface area contributed by atoms with Gasteiger partial charge in [-0.3, -0.25) is 0 Å². The van der Waals surface area contributed by atoms with Gasteiger partial charge in [0.2, 0.25) is 0 Å². The van der Waals surface area contributed by atoms with Gasteiger partial charge in [-0.05, 0) is 25.3 Å². The number of hydrogen-bond acceptors (Lipinski definition) is 3. The molecule has 26 heavy (non-hydrogen) atoms. The molecular formula is C20H30N6. The Morgan fingerprint density at radius 3 is 2.73 bits per heavy atom. The van der Waals surface area contributed by atoms with Gasteiger partial charge < -0.3 is 15.2 Å². The van der Waals surface area contributed by atoms with Crippen LogP contribution in [0.5, 0.6) is 0 Å². The van der Waals surface area contributed by atoms with Gasteiger partial charge in [-0.1, -0.05) is 49.6 Å². The summed E-state index contributed by atoms with van der Waals surface area (Å²) < 4.78 is 2.10. The van der Waals surface area contributed by atoms with E-state index in [0.717, 1.165) is 31.3 Å². The quantitative estimate of drug-likeness (QED) is 0.593. The van der Waals surface area contributed by atoms with Crippen LogP contribution in [0.15, 0.2) is 35.6 Å². The fourth-order valence-corrected chi connectivity index (χ4v) is 3.31. The van der Waals surface area contributed by atoms with Crippen molar-refractivity contribution in [3.63, 3.8) is 0 Å². The smallest absolute Gasteiger partial charge is 0.191 e. The van der Waals surface area contributed by atoms with Crippen LogP contribution in [0.25, 0.3) is 0 Å². The molecule has 1 aromatic heterocycles. The van der Waals surface area contributed by atoms with Crippen molar-refractivity contribution in [3.8, 4) is 0 Å². The van der Waals surface area contributed by atoms with Crippen LogP contribution in [0.3, 0.4) is 0 Å². The molecule has 1 aliphatic rings. The van der Waals surface area contributed by atoms with E-state index < -0.39 is 0 Å². The minimum atomic E-state index is 0.542. The molecule has 2 N–H and O–H groups in total. The number of guanidine groups is 1. The molecule has 0 spiro atoms. The standard InChI is InChI=1S/C20H30N6/c1-3-19-25-23-15-26(19)13-12-21-20(24-18-6-4-5-7-18)22-14-17-10-8-16(2)9-11-17/h8-11,15,18H,3-7,12-14H2,1-2H3,(H2,21,22,24). The molecule has 1 aromatic carbocycles. The molecule has 1 aliphatic carbocycles. The average molecular weight is 355 g/mol. The Morgan fingerprint density at radius 2 is 2.00 bits per heavy atom. The molecule has 0 amide bonds. The molecule has 0 unspecified atom stereocenters. The van der Waals surface area contributed by atoms with Crippen LogP contribution < -0.4 is 10.6 Å². The molecule has 1 saturated carbocycles. The highest BCUT2D eigenvalue weighted by atomic mass is 15.3. The molecule has 1 fully saturated rings. The van der Waals surface area contributed by atoms with Crippen molar-refractivity contribution >= 4 is 5.96 Å². The monoisotopic (exact) mass is 354 g/mol. The molecule has 6 nitrogen and oxygen atoms in total. The van der Waals surface area contributed by atoms with Crippen LogP contribution in [-0.4, -0.2) is 33.3 Å². The zero-order valence-corrected chi connectivity index (χ0v) is 15.9. The Bertz CT molecular complexity index is 697. The number of aryl methyl sites for hydroxylation is 2. The average Bonchev–Trinajstić information content (AvgIpc) is 3.32. The third kappa shape index (κ3) is 5.31. The summed E-state index contributed by atoms with van der Waals surface area (Å²) in [5.41, 5.74) is 2.51. The maximum Gasteiger partial charge on any atom is 0.191 e. The zero-order chi connectivity index (χ0) is 18.2. The topological polar surface area (TPSA) is 67.1 Å². The Hall–Kier alpha value is -2.37. The van der Waals surface area contributed by atoms with Gasteiger partial charge in [-0.25, -0.2) is 4.99 Å². The van der Waals surface area contributed by atoms with Crippen molar-refractivity contribution in [1.29, 1.82) is 0 Å². The summed E-state index contributed by atoms with van der Waals surface area (Å²) in [5.74, 6) is 1.93. The molecule has 1 heterocycles. The van der Waals surface area contributed by atoms with Gasteiger partial charge in [-0.2, -0.15) is 0 Å². The first-order valence-corrected chi connectivity index (χ1v) is 9.71. The number of benzene rings is 1. The fourth-order valence-electron chi connectivity index (χ4n) is 3.31. The van der Waals surface area contributed by atoms with Crippen molar-refractivity contribution in [1.82, 2.24) is 25.4 Å². The second kappa shape index (κ2) is 9.36. The molecule has 3 rings (SSSR count). The van der Waals surface area contributed by atoms with Crippen molar-refractivity contribution in [2.75, 3.05) is 6.54 Å². The van der Waals surface area contributed by atoms with E-state index in [9.17, 15) is 0 Å². The largest absolute Gasteiger partial charge is 0.355 e. The number of hydrogen-bond donors (Lipinski definition) is 2. The second-order valence-electron chi connectivity index (χ2n) is 7.00. The van der Waals surface area contributed by atoms with Gasteiger partial charge in [0.1, 0.15) is 12.2 Å². The molecule has 0 bridgehead atoms. The highest BCUT2D eigenvalue weighted by Gasteiger charge is 2.16. The van der Waals surface area contributed by atoms with Crippen molar-refractivity contribution < 1.29 is 0 Å². The Labute approximate surface area is 156 Å². The lowest BCUT2D eigenvalue weighted by Gasteiger charge is -2.18. The summed E-state index contributed by atoms with van der Waals surface area (Å²) in [5, 5.41) is 15.2. The van der Waals surface area contributed by atoms with Gasteiger partial charge in [-0.15, -0.1) is 10.2 Å². The van der Waals surface area contributed by atoms with E-state index in [1.54, 1.807) is 6.33 Å². The number of nitrogens with one attached hydrogen (secondary N) is 2. The molecule has 0 radical (unpaired) electrons. The highest BCUT2D eigenvalue weighted by molar-refractivity contribution is 5.80. The van der Waals surface area contributed by atoms with E-state index in [0.29, 0.717) is 12.6 Å². The summed E-state index contributed by atoms with van der Waals surface area (Å²) in [6.07, 6.45) is 7.78. The molecule has 140 valence electrons. The Morgan fingerprint density at radius 1 is 1.23 bits per heavy atom. The molecule has 0 saturated heterocycles. The first-order chi connectivity index (χ1) is 12.7. The van der Waals surface area contributed by atoms with E-state index in [-0.39, 0.29) is 0 Å². The highest BCUT2D eigenvalue weighted by Crippen LogP contribution is 2.17. The summed E-state index contributed by atoms with van der Waals surface area (Å²) in [7, 11) is 0. The number of aromatic nitrogens is 3. The number of rotatable bonds is 7. The zero-order valence-electron chi connectivity index (χ0n) is 15.9. The van der Waals surface area contributed by atoms with E-state index >= 15 is 0 Å². The van der Waals surface area contributed by atoms with Gasteiger partial charge in [0.25, 0.3) is 0 Å². The maximum atomic E-state index is 4.80. The van der Waals surface area contributed by atoms with Crippen molar-refractivity contribution in [2.45, 2.75) is 65.1 Å². The molecule has 2 aromatic rings. The van der Waals surface area contributed by atoms with Crippen LogP contribution in [0.4, 0.5) is 0 Å². The first-order valence-electron chi connectivity index (χ1n) is 9.71. The lowest BCUT2D eigenvalue weighted by Crippen LogP contribution is -2.43. The SMILES string of the molecule is CCc1nncn1CCNC(=NCc1ccc(C)cc1)NC1CCCC1. The van der Waals surface area contributed by atoms with E-state index in [1.807, 2.05) is 0 Å². The summed E-state index contributed by atoms with van der Waals surface area (Å²) in [6, 6.07) is 9.12. The van der Waals surface area contributed by atoms with Gasteiger partial charge in [0, 0.05) is 25.6 Å². The number of nitrogens with zero attached hydrogens (tertiary/aromatic N) is 4. The molecule has 0 atom stereocenters. The van der Waals surface area contributed by atoms with Gasteiger partial charge >= 0.3 is 0 Å². The van der Waals surface area contributed by atoms with Gasteiger partial charge in [0.05, 0.1) is 6.54 Å². The molecular weight excluding hydrogens is 324 g/mol. The van der Waals surface area contributed by atoms with Crippen molar-refractivity contribution in [2.24, 2.45) is 4.99 Å². The van der Waals surface area contributed by atoms with E-state index in [2.05, 4.69) is 63.5 Å². The summed E-state index contributed by atoms with van der Waals surface area (Å²) in [6.45, 7) is 6.54. The van der Waals surface area contributed by atoms with Crippen LogP contribution in [0.2, 0.25) is 0 Å². The minimum absolute atomic E-state index is 0.542. The Kier molecular flexibility index (Phi) is 6.63. The third-order valence-corrected chi connectivity index (χ3v) is 4.89. The van der Waals surface area contributed by atoms with Crippen LogP contribution in [0, 0.1) is 6.92 Å². The normalized spacial score (nSPS) is 15.4. The lowest BCUT2D eigenvalue weighted by molar-refractivity contribution is 0.593. The van der Waals surface area contributed by atoms with E-state index in [4.69, 9.17) is 4.99 Å².